The maximum Gasteiger partial charge on any atom is 0.119 e. The van der Waals surface area contributed by atoms with Gasteiger partial charge in [-0.15, -0.1) is 11.8 Å². The van der Waals surface area contributed by atoms with Crippen molar-refractivity contribution in [3.63, 3.8) is 0 Å². The second kappa shape index (κ2) is 2.52. The molecule has 0 radical (unpaired) electrons. The standard InChI is InChI=1S/C12H20OS/c1-10(2)9-4-5-11(10,3)12(8-9)13-6-7-14-12/h9H,4-8H2,1-3H3/t9-,11-,12?/m0/s1. The Morgan fingerprint density at radius 3 is 2.50 bits per heavy atom. The minimum atomic E-state index is 0.194. The van der Waals surface area contributed by atoms with E-state index in [4.69, 9.17) is 4.74 Å². The van der Waals surface area contributed by atoms with Crippen molar-refractivity contribution < 1.29 is 4.74 Å². The molecule has 2 saturated carbocycles. The van der Waals surface area contributed by atoms with E-state index in [0.717, 1.165) is 12.5 Å². The summed E-state index contributed by atoms with van der Waals surface area (Å²) in [7, 11) is 0. The topological polar surface area (TPSA) is 9.23 Å². The van der Waals surface area contributed by atoms with Gasteiger partial charge in [-0.2, -0.15) is 0 Å². The molecule has 3 rings (SSSR count). The zero-order valence-corrected chi connectivity index (χ0v) is 10.2. The summed E-state index contributed by atoms with van der Waals surface area (Å²) in [4.78, 5) is 0.194. The molecule has 0 aromatic carbocycles. The molecule has 3 atom stereocenters. The zero-order chi connectivity index (χ0) is 10.0. The lowest BCUT2D eigenvalue weighted by molar-refractivity contribution is -0.0564. The van der Waals surface area contributed by atoms with Gasteiger partial charge in [-0.05, 0) is 30.6 Å². The monoisotopic (exact) mass is 212 g/mol. The van der Waals surface area contributed by atoms with Crippen LogP contribution in [-0.4, -0.2) is 17.3 Å². The van der Waals surface area contributed by atoms with Crippen LogP contribution in [0.2, 0.25) is 0 Å². The van der Waals surface area contributed by atoms with Crippen molar-refractivity contribution in [3.05, 3.63) is 0 Å². The van der Waals surface area contributed by atoms with Gasteiger partial charge in [-0.1, -0.05) is 20.8 Å². The molecule has 2 bridgehead atoms. The molecule has 1 heterocycles. The Hall–Kier alpha value is 0.310. The fraction of sp³-hybridized carbons (Fsp3) is 1.00. The lowest BCUT2D eigenvalue weighted by Crippen LogP contribution is -2.44. The van der Waals surface area contributed by atoms with Gasteiger partial charge in [0.25, 0.3) is 0 Å². The molecule has 1 unspecified atom stereocenters. The smallest absolute Gasteiger partial charge is 0.119 e. The Kier molecular flexibility index (Phi) is 1.71. The van der Waals surface area contributed by atoms with E-state index in [2.05, 4.69) is 32.5 Å². The van der Waals surface area contributed by atoms with Crippen molar-refractivity contribution in [1.82, 2.24) is 0 Å². The Balaban J connectivity index is 2.06. The minimum absolute atomic E-state index is 0.194. The van der Waals surface area contributed by atoms with Crippen LogP contribution < -0.4 is 0 Å². The van der Waals surface area contributed by atoms with E-state index >= 15 is 0 Å². The van der Waals surface area contributed by atoms with Crippen molar-refractivity contribution in [2.45, 2.75) is 45.0 Å². The van der Waals surface area contributed by atoms with Gasteiger partial charge in [0.15, 0.2) is 0 Å². The predicted molar refractivity (Wildman–Crippen MR) is 60.4 cm³/mol. The average Bonchev–Trinajstić information content (AvgIpc) is 2.70. The largest absolute Gasteiger partial charge is 0.363 e. The Bertz CT molecular complexity index is 267. The van der Waals surface area contributed by atoms with E-state index in [9.17, 15) is 0 Å². The van der Waals surface area contributed by atoms with Crippen LogP contribution >= 0.6 is 11.8 Å². The first-order chi connectivity index (χ1) is 6.52. The van der Waals surface area contributed by atoms with Crippen molar-refractivity contribution in [2.24, 2.45) is 16.7 Å². The number of fused-ring (bicyclic) bond motifs is 3. The Morgan fingerprint density at radius 2 is 2.07 bits per heavy atom. The van der Waals surface area contributed by atoms with Crippen LogP contribution in [0.3, 0.4) is 0 Å². The summed E-state index contributed by atoms with van der Waals surface area (Å²) in [5.74, 6) is 2.11. The molecule has 3 fully saturated rings. The summed E-state index contributed by atoms with van der Waals surface area (Å²) in [6.07, 6.45) is 4.11. The maximum absolute atomic E-state index is 6.14. The summed E-state index contributed by atoms with van der Waals surface area (Å²) in [5.41, 5.74) is 0.913. The van der Waals surface area contributed by atoms with Gasteiger partial charge in [0.2, 0.25) is 0 Å². The molecule has 1 saturated heterocycles. The summed E-state index contributed by atoms with van der Waals surface area (Å²) >= 11 is 2.09. The van der Waals surface area contributed by atoms with Gasteiger partial charge in [0, 0.05) is 11.2 Å². The second-order valence-electron chi connectivity index (χ2n) is 5.94. The molecule has 2 heteroatoms. The summed E-state index contributed by atoms with van der Waals surface area (Å²) < 4.78 is 6.14. The molecule has 0 amide bonds. The molecule has 3 aliphatic rings. The van der Waals surface area contributed by atoms with E-state index in [0.29, 0.717) is 10.8 Å². The van der Waals surface area contributed by atoms with Gasteiger partial charge in [0.1, 0.15) is 4.93 Å². The highest BCUT2D eigenvalue weighted by Crippen LogP contribution is 2.74. The van der Waals surface area contributed by atoms with Gasteiger partial charge in [-0.25, -0.2) is 0 Å². The molecule has 0 aromatic heterocycles. The SMILES string of the molecule is CC1(C)[C@H]2CC[C@]1(C)C1(C2)OCCS1. The third-order valence-corrected chi connectivity index (χ3v) is 7.12. The van der Waals surface area contributed by atoms with E-state index in [-0.39, 0.29) is 4.93 Å². The zero-order valence-electron chi connectivity index (χ0n) is 9.43. The Morgan fingerprint density at radius 1 is 1.29 bits per heavy atom. The molecule has 0 aromatic rings. The van der Waals surface area contributed by atoms with E-state index in [1.54, 1.807) is 0 Å². The van der Waals surface area contributed by atoms with Crippen LogP contribution in [0.1, 0.15) is 40.0 Å². The van der Waals surface area contributed by atoms with Gasteiger partial charge in [0.05, 0.1) is 6.61 Å². The molecule has 1 aliphatic heterocycles. The first kappa shape index (κ1) is 9.53. The molecule has 0 N–H and O–H groups in total. The van der Waals surface area contributed by atoms with Crippen LogP contribution in [0.5, 0.6) is 0 Å². The van der Waals surface area contributed by atoms with Gasteiger partial charge in [-0.3, -0.25) is 0 Å². The molecule has 1 spiro atoms. The summed E-state index contributed by atoms with van der Waals surface area (Å²) in [5, 5.41) is 0. The fourth-order valence-electron chi connectivity index (χ4n) is 4.08. The molecular weight excluding hydrogens is 192 g/mol. The molecule has 1 nitrogen and oxygen atoms in total. The van der Waals surface area contributed by atoms with Crippen molar-refractivity contribution >= 4 is 11.8 Å². The molecule has 14 heavy (non-hydrogen) atoms. The molecule has 80 valence electrons. The Labute approximate surface area is 91.0 Å². The summed E-state index contributed by atoms with van der Waals surface area (Å²) in [6, 6.07) is 0. The number of hydrogen-bond donors (Lipinski definition) is 0. The van der Waals surface area contributed by atoms with Crippen LogP contribution in [0.25, 0.3) is 0 Å². The fourth-order valence-corrected chi connectivity index (χ4v) is 5.74. The highest BCUT2D eigenvalue weighted by Gasteiger charge is 2.70. The van der Waals surface area contributed by atoms with Gasteiger partial charge < -0.3 is 4.74 Å². The molecular formula is C12H20OS. The van der Waals surface area contributed by atoms with Crippen LogP contribution in [0, 0.1) is 16.7 Å². The quantitative estimate of drug-likeness (QED) is 0.609. The van der Waals surface area contributed by atoms with Crippen LogP contribution in [0.4, 0.5) is 0 Å². The number of hydrogen-bond acceptors (Lipinski definition) is 2. The molecule has 2 aliphatic carbocycles. The maximum atomic E-state index is 6.14. The minimum Gasteiger partial charge on any atom is -0.363 e. The van der Waals surface area contributed by atoms with Crippen molar-refractivity contribution in [3.8, 4) is 0 Å². The van der Waals surface area contributed by atoms with Crippen molar-refractivity contribution in [1.29, 1.82) is 0 Å². The van der Waals surface area contributed by atoms with Gasteiger partial charge >= 0.3 is 0 Å². The average molecular weight is 212 g/mol. The van der Waals surface area contributed by atoms with E-state index in [1.165, 1.54) is 25.0 Å². The first-order valence-corrected chi connectivity index (χ1v) is 6.78. The number of thioether (sulfide) groups is 1. The lowest BCUT2D eigenvalue weighted by Gasteiger charge is -2.45. The third-order valence-electron chi connectivity index (χ3n) is 5.55. The van der Waals surface area contributed by atoms with Crippen LogP contribution in [0.15, 0.2) is 0 Å². The third kappa shape index (κ3) is 0.802. The van der Waals surface area contributed by atoms with E-state index < -0.39 is 0 Å². The highest BCUT2D eigenvalue weighted by molar-refractivity contribution is 8.00. The predicted octanol–water partition coefficient (Wildman–Crippen LogP) is 3.29. The van der Waals surface area contributed by atoms with E-state index in [1.807, 2.05) is 0 Å². The second-order valence-corrected chi connectivity index (χ2v) is 7.30. The van der Waals surface area contributed by atoms with Crippen LogP contribution in [-0.2, 0) is 4.74 Å². The normalized spacial score (nSPS) is 54.6. The van der Waals surface area contributed by atoms with Crippen molar-refractivity contribution in [2.75, 3.05) is 12.4 Å². The number of rotatable bonds is 0. The first-order valence-electron chi connectivity index (χ1n) is 5.80. The summed E-state index contributed by atoms with van der Waals surface area (Å²) in [6.45, 7) is 8.37. The number of ether oxygens (including phenoxy) is 1. The highest BCUT2D eigenvalue weighted by atomic mass is 32.2. The lowest BCUT2D eigenvalue weighted by atomic mass is 9.69.